The van der Waals surface area contributed by atoms with E-state index in [-0.39, 0.29) is 0 Å². The van der Waals surface area contributed by atoms with E-state index in [1.807, 2.05) is 13.1 Å². The van der Waals surface area contributed by atoms with E-state index < -0.39 is 0 Å². The van der Waals surface area contributed by atoms with Crippen LogP contribution in [-0.4, -0.2) is 15.2 Å². The molecule has 0 saturated carbocycles. The zero-order valence-electron chi connectivity index (χ0n) is 7.26. The number of hydrogen-bond acceptors (Lipinski definition) is 2. The summed E-state index contributed by atoms with van der Waals surface area (Å²) in [5.41, 5.74) is 3.16. The lowest BCUT2D eigenvalue weighted by atomic mass is 10.2. The Morgan fingerprint density at radius 1 is 1.50 bits per heavy atom. The standard InChI is InChI=1S/C9H11N3/c1-3-7-4-8-6(2)11-12-9(8)10-5-7/h4-5H,3H2,1-2H3,(H,10,11,12). The van der Waals surface area contributed by atoms with Gasteiger partial charge in [-0.25, -0.2) is 4.98 Å². The Bertz CT molecular complexity index is 403. The predicted molar refractivity (Wildman–Crippen MR) is 48.0 cm³/mol. The first kappa shape index (κ1) is 7.28. The van der Waals surface area contributed by atoms with Gasteiger partial charge in [0.05, 0.1) is 0 Å². The molecule has 62 valence electrons. The van der Waals surface area contributed by atoms with E-state index in [4.69, 9.17) is 0 Å². The van der Waals surface area contributed by atoms with Gasteiger partial charge in [-0.2, -0.15) is 5.10 Å². The van der Waals surface area contributed by atoms with Gasteiger partial charge in [-0.15, -0.1) is 0 Å². The third-order valence-electron chi connectivity index (χ3n) is 2.07. The highest BCUT2D eigenvalue weighted by molar-refractivity contribution is 5.77. The maximum atomic E-state index is 4.23. The van der Waals surface area contributed by atoms with E-state index in [2.05, 4.69) is 28.2 Å². The highest BCUT2D eigenvalue weighted by Crippen LogP contribution is 2.14. The summed E-state index contributed by atoms with van der Waals surface area (Å²) < 4.78 is 0. The van der Waals surface area contributed by atoms with Gasteiger partial charge in [0, 0.05) is 17.3 Å². The molecule has 0 amide bonds. The average molecular weight is 161 g/mol. The van der Waals surface area contributed by atoms with E-state index >= 15 is 0 Å². The van der Waals surface area contributed by atoms with Gasteiger partial charge < -0.3 is 0 Å². The molecule has 0 aromatic carbocycles. The Kier molecular flexibility index (Phi) is 1.57. The summed E-state index contributed by atoms with van der Waals surface area (Å²) in [6.07, 6.45) is 2.90. The fourth-order valence-electron chi connectivity index (χ4n) is 1.26. The van der Waals surface area contributed by atoms with Crippen molar-refractivity contribution in [2.75, 3.05) is 0 Å². The summed E-state index contributed by atoms with van der Waals surface area (Å²) in [4.78, 5) is 4.23. The van der Waals surface area contributed by atoms with Crippen LogP contribution in [0.15, 0.2) is 12.3 Å². The van der Waals surface area contributed by atoms with Gasteiger partial charge in [-0.05, 0) is 25.0 Å². The lowest BCUT2D eigenvalue weighted by Gasteiger charge is -1.94. The molecule has 0 saturated heterocycles. The topological polar surface area (TPSA) is 41.6 Å². The first-order chi connectivity index (χ1) is 5.81. The number of nitrogens with zero attached hydrogens (tertiary/aromatic N) is 2. The second kappa shape index (κ2) is 2.59. The number of aryl methyl sites for hydroxylation is 2. The first-order valence-electron chi connectivity index (χ1n) is 4.11. The van der Waals surface area contributed by atoms with Gasteiger partial charge in [-0.1, -0.05) is 6.92 Å². The first-order valence-corrected chi connectivity index (χ1v) is 4.11. The van der Waals surface area contributed by atoms with Gasteiger partial charge in [0.2, 0.25) is 0 Å². The molecular weight excluding hydrogens is 150 g/mol. The molecule has 3 nitrogen and oxygen atoms in total. The van der Waals surface area contributed by atoms with E-state index in [0.717, 1.165) is 23.1 Å². The normalized spacial score (nSPS) is 10.8. The maximum absolute atomic E-state index is 4.23. The van der Waals surface area contributed by atoms with Gasteiger partial charge in [0.15, 0.2) is 5.65 Å². The minimum absolute atomic E-state index is 0.810. The Morgan fingerprint density at radius 3 is 3.08 bits per heavy atom. The molecule has 2 heterocycles. The van der Waals surface area contributed by atoms with Crippen molar-refractivity contribution in [3.05, 3.63) is 23.5 Å². The maximum Gasteiger partial charge on any atom is 0.181 e. The van der Waals surface area contributed by atoms with Crippen molar-refractivity contribution in [3.8, 4) is 0 Å². The minimum atomic E-state index is 0.810. The predicted octanol–water partition coefficient (Wildman–Crippen LogP) is 1.83. The molecular formula is C9H11N3. The van der Waals surface area contributed by atoms with E-state index in [1.165, 1.54) is 5.56 Å². The smallest absolute Gasteiger partial charge is 0.181 e. The molecule has 0 aliphatic rings. The van der Waals surface area contributed by atoms with Crippen LogP contribution in [0, 0.1) is 6.92 Å². The highest BCUT2D eigenvalue weighted by Gasteiger charge is 2.01. The monoisotopic (exact) mass is 161 g/mol. The average Bonchev–Trinajstić information content (AvgIpc) is 2.47. The number of aromatic amines is 1. The van der Waals surface area contributed by atoms with Crippen molar-refractivity contribution >= 4 is 11.0 Å². The summed E-state index contributed by atoms with van der Waals surface area (Å²) in [5.74, 6) is 0. The van der Waals surface area contributed by atoms with Crippen molar-refractivity contribution < 1.29 is 0 Å². The molecule has 0 unspecified atom stereocenters. The van der Waals surface area contributed by atoms with Crippen LogP contribution >= 0.6 is 0 Å². The lowest BCUT2D eigenvalue weighted by Crippen LogP contribution is -1.83. The second-order valence-electron chi connectivity index (χ2n) is 2.92. The fraction of sp³-hybridized carbons (Fsp3) is 0.333. The van der Waals surface area contributed by atoms with Crippen LogP contribution in [-0.2, 0) is 6.42 Å². The number of H-pyrrole nitrogens is 1. The van der Waals surface area contributed by atoms with Crippen molar-refractivity contribution in [2.45, 2.75) is 20.3 Å². The molecule has 2 rings (SSSR count). The van der Waals surface area contributed by atoms with Crippen molar-refractivity contribution in [2.24, 2.45) is 0 Å². The van der Waals surface area contributed by atoms with Crippen LogP contribution in [0.25, 0.3) is 11.0 Å². The molecule has 1 N–H and O–H groups in total. The van der Waals surface area contributed by atoms with E-state index in [0.29, 0.717) is 0 Å². The van der Waals surface area contributed by atoms with Crippen LogP contribution in [0.1, 0.15) is 18.2 Å². The fourth-order valence-corrected chi connectivity index (χ4v) is 1.26. The summed E-state index contributed by atoms with van der Waals surface area (Å²) >= 11 is 0. The molecule has 2 aromatic heterocycles. The quantitative estimate of drug-likeness (QED) is 0.693. The van der Waals surface area contributed by atoms with E-state index in [1.54, 1.807) is 0 Å². The number of fused-ring (bicyclic) bond motifs is 1. The second-order valence-corrected chi connectivity index (χ2v) is 2.92. The third kappa shape index (κ3) is 0.978. The largest absolute Gasteiger partial charge is 0.280 e. The van der Waals surface area contributed by atoms with Gasteiger partial charge in [0.25, 0.3) is 0 Å². The molecule has 0 fully saturated rings. The summed E-state index contributed by atoms with van der Waals surface area (Å²) in [6, 6.07) is 2.14. The van der Waals surface area contributed by atoms with E-state index in [9.17, 15) is 0 Å². The number of rotatable bonds is 1. The van der Waals surface area contributed by atoms with Gasteiger partial charge >= 0.3 is 0 Å². The van der Waals surface area contributed by atoms with Gasteiger partial charge in [-0.3, -0.25) is 5.10 Å². The Morgan fingerprint density at radius 2 is 2.33 bits per heavy atom. The SMILES string of the molecule is CCc1cnc2n[nH]c(C)c2c1. The molecule has 0 bridgehead atoms. The molecule has 0 radical (unpaired) electrons. The Labute approximate surface area is 70.8 Å². The van der Waals surface area contributed by atoms with Crippen LogP contribution < -0.4 is 0 Å². The van der Waals surface area contributed by atoms with Crippen molar-refractivity contribution in [1.29, 1.82) is 0 Å². The van der Waals surface area contributed by atoms with Gasteiger partial charge in [0.1, 0.15) is 0 Å². The molecule has 3 heteroatoms. The van der Waals surface area contributed by atoms with Crippen molar-refractivity contribution in [1.82, 2.24) is 15.2 Å². The highest BCUT2D eigenvalue weighted by atomic mass is 15.1. The molecule has 0 aliphatic carbocycles. The molecule has 12 heavy (non-hydrogen) atoms. The van der Waals surface area contributed by atoms with Crippen LogP contribution in [0.4, 0.5) is 0 Å². The summed E-state index contributed by atoms with van der Waals surface area (Å²) in [6.45, 7) is 4.13. The molecule has 0 spiro atoms. The number of hydrogen-bond donors (Lipinski definition) is 1. The molecule has 0 atom stereocenters. The zero-order chi connectivity index (χ0) is 8.55. The Balaban J connectivity index is 2.71. The number of nitrogens with one attached hydrogen (secondary N) is 1. The summed E-state index contributed by atoms with van der Waals surface area (Å²) in [7, 11) is 0. The number of aromatic nitrogens is 3. The van der Waals surface area contributed by atoms with Crippen LogP contribution in [0.2, 0.25) is 0 Å². The van der Waals surface area contributed by atoms with Crippen LogP contribution in [0.5, 0.6) is 0 Å². The minimum Gasteiger partial charge on any atom is -0.280 e. The summed E-state index contributed by atoms with van der Waals surface area (Å²) in [5, 5.41) is 8.11. The molecule has 2 aromatic rings. The Hall–Kier alpha value is -1.38. The molecule has 0 aliphatic heterocycles. The lowest BCUT2D eigenvalue weighted by molar-refractivity contribution is 1.05. The van der Waals surface area contributed by atoms with Crippen LogP contribution in [0.3, 0.4) is 0 Å². The van der Waals surface area contributed by atoms with Crippen molar-refractivity contribution in [3.63, 3.8) is 0 Å². The number of pyridine rings is 1. The zero-order valence-corrected chi connectivity index (χ0v) is 7.26. The third-order valence-corrected chi connectivity index (χ3v) is 2.07.